The highest BCUT2D eigenvalue weighted by Gasteiger charge is 2.03. The van der Waals surface area contributed by atoms with Crippen LogP contribution in [0.4, 0.5) is 0 Å². The van der Waals surface area contributed by atoms with Crippen LogP contribution in [0, 0.1) is 5.92 Å². The van der Waals surface area contributed by atoms with E-state index in [1.165, 1.54) is 16.5 Å². The van der Waals surface area contributed by atoms with E-state index in [0.717, 1.165) is 32.1 Å². The fraction of sp³-hybridized carbons (Fsp3) is 0.500. The van der Waals surface area contributed by atoms with Gasteiger partial charge in [0.05, 0.1) is 6.61 Å². The molecule has 6 heteroatoms. The fourth-order valence-electron chi connectivity index (χ4n) is 2.44. The van der Waals surface area contributed by atoms with Crippen LogP contribution < -0.4 is 10.6 Å². The van der Waals surface area contributed by atoms with Gasteiger partial charge < -0.3 is 20.4 Å². The minimum atomic E-state index is 0. The number of guanidine groups is 1. The molecule has 0 saturated heterocycles. The Hall–Kier alpha value is -1.28. The lowest BCUT2D eigenvalue weighted by atomic mass is 10.1. The lowest BCUT2D eigenvalue weighted by Crippen LogP contribution is -2.39. The summed E-state index contributed by atoms with van der Waals surface area (Å²) in [5.41, 5.74) is 2.51. The zero-order chi connectivity index (χ0) is 16.5. The van der Waals surface area contributed by atoms with Crippen LogP contribution in [0.25, 0.3) is 10.9 Å². The van der Waals surface area contributed by atoms with E-state index < -0.39 is 0 Å². The number of aliphatic imine (C=N–C) groups is 1. The van der Waals surface area contributed by atoms with Gasteiger partial charge in [-0.2, -0.15) is 0 Å². The third-order valence-electron chi connectivity index (χ3n) is 3.58. The number of rotatable bonds is 8. The first kappa shape index (κ1) is 20.8. The predicted molar refractivity (Wildman–Crippen MR) is 112 cm³/mol. The van der Waals surface area contributed by atoms with Gasteiger partial charge in [-0.25, -0.2) is 0 Å². The number of benzene rings is 1. The second-order valence-electron chi connectivity index (χ2n) is 6.00. The lowest BCUT2D eigenvalue weighted by molar-refractivity contribution is 0.114. The smallest absolute Gasteiger partial charge is 0.191 e. The van der Waals surface area contributed by atoms with Crippen molar-refractivity contribution in [3.05, 3.63) is 36.0 Å². The van der Waals surface area contributed by atoms with Crippen LogP contribution >= 0.6 is 24.0 Å². The highest BCUT2D eigenvalue weighted by molar-refractivity contribution is 14.0. The molecule has 0 unspecified atom stereocenters. The maximum Gasteiger partial charge on any atom is 0.191 e. The number of nitrogens with zero attached hydrogens (tertiary/aromatic N) is 1. The van der Waals surface area contributed by atoms with Gasteiger partial charge in [0.1, 0.15) is 0 Å². The molecule has 0 aliphatic rings. The van der Waals surface area contributed by atoms with E-state index in [2.05, 4.69) is 58.9 Å². The first-order valence-corrected chi connectivity index (χ1v) is 8.28. The molecule has 0 bridgehead atoms. The number of hydrogen-bond acceptors (Lipinski definition) is 2. The monoisotopic (exact) mass is 444 g/mol. The van der Waals surface area contributed by atoms with E-state index in [9.17, 15) is 0 Å². The summed E-state index contributed by atoms with van der Waals surface area (Å²) in [7, 11) is 1.79. The van der Waals surface area contributed by atoms with Crippen LogP contribution in [0.3, 0.4) is 0 Å². The molecule has 0 aliphatic heterocycles. The van der Waals surface area contributed by atoms with E-state index in [-0.39, 0.29) is 24.0 Å². The number of H-pyrrole nitrogens is 1. The van der Waals surface area contributed by atoms with Crippen molar-refractivity contribution < 1.29 is 4.74 Å². The summed E-state index contributed by atoms with van der Waals surface area (Å²) in [6.45, 7) is 7.40. The average molecular weight is 444 g/mol. The molecule has 1 heterocycles. The molecule has 2 aromatic rings. The molecular formula is C18H29IN4O. The second-order valence-corrected chi connectivity index (χ2v) is 6.00. The number of halogens is 1. The van der Waals surface area contributed by atoms with Crippen LogP contribution in [0.1, 0.15) is 19.4 Å². The molecule has 0 radical (unpaired) electrons. The minimum Gasteiger partial charge on any atom is -0.379 e. The van der Waals surface area contributed by atoms with Crippen molar-refractivity contribution in [2.24, 2.45) is 10.9 Å². The molecule has 5 nitrogen and oxygen atoms in total. The van der Waals surface area contributed by atoms with Crippen molar-refractivity contribution in [2.45, 2.75) is 20.3 Å². The van der Waals surface area contributed by atoms with Crippen molar-refractivity contribution in [2.75, 3.05) is 33.4 Å². The lowest BCUT2D eigenvalue weighted by Gasteiger charge is -2.12. The van der Waals surface area contributed by atoms with Crippen molar-refractivity contribution in [3.8, 4) is 0 Å². The molecule has 0 amide bonds. The second kappa shape index (κ2) is 11.3. The van der Waals surface area contributed by atoms with Gasteiger partial charge >= 0.3 is 0 Å². The molecule has 0 aliphatic carbocycles. The fourth-order valence-corrected chi connectivity index (χ4v) is 2.44. The molecule has 0 saturated carbocycles. The van der Waals surface area contributed by atoms with Gasteiger partial charge in [-0.05, 0) is 24.0 Å². The van der Waals surface area contributed by atoms with E-state index in [1.807, 2.05) is 6.07 Å². The van der Waals surface area contributed by atoms with Gasteiger partial charge in [-0.3, -0.25) is 4.99 Å². The Balaban J connectivity index is 0.00000288. The van der Waals surface area contributed by atoms with E-state index in [0.29, 0.717) is 12.5 Å². The largest absolute Gasteiger partial charge is 0.379 e. The summed E-state index contributed by atoms with van der Waals surface area (Å²) in [6.07, 6.45) is 3.04. The van der Waals surface area contributed by atoms with Crippen LogP contribution in [-0.4, -0.2) is 44.3 Å². The average Bonchev–Trinajstić information content (AvgIpc) is 2.96. The molecule has 0 atom stereocenters. The van der Waals surface area contributed by atoms with Gasteiger partial charge in [0.2, 0.25) is 0 Å². The molecule has 3 N–H and O–H groups in total. The van der Waals surface area contributed by atoms with E-state index in [4.69, 9.17) is 4.74 Å². The zero-order valence-corrected chi connectivity index (χ0v) is 17.1. The maximum absolute atomic E-state index is 5.55. The summed E-state index contributed by atoms with van der Waals surface area (Å²) in [4.78, 5) is 7.54. The molecule has 0 fully saturated rings. The van der Waals surface area contributed by atoms with Crippen LogP contribution in [-0.2, 0) is 11.2 Å². The van der Waals surface area contributed by atoms with Crippen LogP contribution in [0.2, 0.25) is 0 Å². The third kappa shape index (κ3) is 6.68. The van der Waals surface area contributed by atoms with Gasteiger partial charge in [-0.1, -0.05) is 32.0 Å². The molecule has 0 spiro atoms. The Bertz CT molecular complexity index is 624. The first-order chi connectivity index (χ1) is 11.2. The summed E-state index contributed by atoms with van der Waals surface area (Å²) in [5, 5.41) is 7.90. The molecule has 2 rings (SSSR count). The highest BCUT2D eigenvalue weighted by Crippen LogP contribution is 2.17. The molecule has 134 valence electrons. The number of fused-ring (bicyclic) bond motifs is 1. The molecule has 1 aromatic heterocycles. The van der Waals surface area contributed by atoms with Crippen molar-refractivity contribution >= 4 is 40.8 Å². The molecular weight excluding hydrogens is 415 g/mol. The number of hydrogen-bond donors (Lipinski definition) is 3. The number of aromatic amines is 1. The van der Waals surface area contributed by atoms with Crippen molar-refractivity contribution in [1.29, 1.82) is 0 Å². The van der Waals surface area contributed by atoms with Gasteiger partial charge in [0, 0.05) is 43.8 Å². The van der Waals surface area contributed by atoms with Crippen molar-refractivity contribution in [1.82, 2.24) is 15.6 Å². The third-order valence-corrected chi connectivity index (χ3v) is 3.58. The van der Waals surface area contributed by atoms with Crippen molar-refractivity contribution in [3.63, 3.8) is 0 Å². The number of nitrogens with one attached hydrogen (secondary N) is 3. The number of para-hydroxylation sites is 1. The Morgan fingerprint density at radius 2 is 1.96 bits per heavy atom. The quantitative estimate of drug-likeness (QED) is 0.254. The van der Waals surface area contributed by atoms with Gasteiger partial charge in [0.15, 0.2) is 5.96 Å². The first-order valence-electron chi connectivity index (χ1n) is 8.28. The van der Waals surface area contributed by atoms with Gasteiger partial charge in [-0.15, -0.1) is 24.0 Å². The minimum absolute atomic E-state index is 0. The highest BCUT2D eigenvalue weighted by atomic mass is 127. The van der Waals surface area contributed by atoms with E-state index >= 15 is 0 Å². The topological polar surface area (TPSA) is 61.4 Å². The normalized spacial score (nSPS) is 11.6. The van der Waals surface area contributed by atoms with Crippen LogP contribution in [0.15, 0.2) is 35.5 Å². The number of aromatic nitrogens is 1. The van der Waals surface area contributed by atoms with E-state index in [1.54, 1.807) is 7.05 Å². The predicted octanol–water partition coefficient (Wildman–Crippen LogP) is 3.17. The summed E-state index contributed by atoms with van der Waals surface area (Å²) < 4.78 is 5.55. The maximum atomic E-state index is 5.55. The Morgan fingerprint density at radius 1 is 1.21 bits per heavy atom. The Morgan fingerprint density at radius 3 is 2.71 bits per heavy atom. The summed E-state index contributed by atoms with van der Waals surface area (Å²) in [5.74, 6) is 1.39. The number of ether oxygens (including phenoxy) is 1. The Labute approximate surface area is 161 Å². The standard InChI is InChI=1S/C18H28N4O.HI/c1-14(2)13-23-11-10-21-18(19-3)20-9-8-15-12-22-17-7-5-4-6-16(15)17;/h4-7,12,14,22H,8-11,13H2,1-3H3,(H2,19,20,21);1H. The van der Waals surface area contributed by atoms with Crippen LogP contribution in [0.5, 0.6) is 0 Å². The molecule has 24 heavy (non-hydrogen) atoms. The summed E-state index contributed by atoms with van der Waals surface area (Å²) >= 11 is 0. The zero-order valence-electron chi connectivity index (χ0n) is 14.8. The van der Waals surface area contributed by atoms with Gasteiger partial charge in [0.25, 0.3) is 0 Å². The SMILES string of the molecule is CN=C(NCCOCC(C)C)NCCc1c[nH]c2ccccc12.I. The Kier molecular flexibility index (Phi) is 9.78. The summed E-state index contributed by atoms with van der Waals surface area (Å²) in [6, 6.07) is 8.38. The molecule has 1 aromatic carbocycles.